The van der Waals surface area contributed by atoms with Crippen LogP contribution in [0.1, 0.15) is 0 Å². The molecule has 4 heteroatoms. The maximum atomic E-state index is 6.26. The summed E-state index contributed by atoms with van der Waals surface area (Å²) in [5, 5.41) is 12.6. The molecule has 0 aliphatic carbocycles. The van der Waals surface area contributed by atoms with Gasteiger partial charge in [0, 0.05) is 43.7 Å². The number of furan rings is 1. The van der Waals surface area contributed by atoms with Crippen molar-refractivity contribution >= 4 is 94.4 Å². The van der Waals surface area contributed by atoms with Crippen LogP contribution in [0.2, 0.25) is 0 Å². The maximum absolute atomic E-state index is 6.26. The lowest BCUT2D eigenvalue weighted by molar-refractivity contribution is 0.669. The fourth-order valence-electron chi connectivity index (χ4n) is 9.78. The smallest absolute Gasteiger partial charge is 0.179 e. The van der Waals surface area contributed by atoms with E-state index >= 15 is 0 Å². The number of aromatic nitrogens is 2. The lowest BCUT2D eigenvalue weighted by Gasteiger charge is -2.34. The van der Waals surface area contributed by atoms with Gasteiger partial charge in [0.05, 0.1) is 22.1 Å². The minimum atomic E-state index is -2.77. The molecule has 0 saturated heterocycles. The number of nitrogens with zero attached hydrogens (tertiary/aromatic N) is 2. The number of para-hydroxylation sites is 3. The SMILES string of the molecule is c1ccc([Si](c2ccccc2)(c2ccccc2)c2ccc3c4ccccc4n(-c4ccc5c6ccccc6n(-c6ccc7oc8ccccc8c7c6)c5c4)c3c2)cc1. The molecule has 3 nitrogen and oxygen atoms in total. The van der Waals surface area contributed by atoms with E-state index in [1.165, 1.54) is 58.8 Å². The first kappa shape index (κ1) is 32.8. The average Bonchev–Trinajstić information content (AvgIpc) is 3.95. The highest BCUT2D eigenvalue weighted by molar-refractivity contribution is 7.20. The van der Waals surface area contributed by atoms with Gasteiger partial charge >= 0.3 is 0 Å². The van der Waals surface area contributed by atoms with Crippen LogP contribution in [0.5, 0.6) is 0 Å². The number of hydrogen-bond donors (Lipinski definition) is 0. The fraction of sp³-hybridized carbons (Fsp3) is 0. The highest BCUT2D eigenvalue weighted by Crippen LogP contribution is 2.38. The van der Waals surface area contributed by atoms with Crippen LogP contribution in [0, 0.1) is 0 Å². The first-order chi connectivity index (χ1) is 28.8. The van der Waals surface area contributed by atoms with Crippen LogP contribution < -0.4 is 20.7 Å². The van der Waals surface area contributed by atoms with E-state index in [2.05, 4.69) is 215 Å². The van der Waals surface area contributed by atoms with Crippen LogP contribution >= 0.6 is 0 Å². The molecular formula is C54H36N2OSi. The Morgan fingerprint density at radius 3 is 1.31 bits per heavy atom. The van der Waals surface area contributed by atoms with E-state index in [-0.39, 0.29) is 0 Å². The van der Waals surface area contributed by atoms with E-state index in [9.17, 15) is 0 Å². The number of fused-ring (bicyclic) bond motifs is 9. The van der Waals surface area contributed by atoms with Gasteiger partial charge < -0.3 is 13.6 Å². The van der Waals surface area contributed by atoms with Crippen molar-refractivity contribution in [1.29, 1.82) is 0 Å². The van der Waals surface area contributed by atoms with Crippen molar-refractivity contribution in [3.63, 3.8) is 0 Å². The van der Waals surface area contributed by atoms with Gasteiger partial charge in [-0.15, -0.1) is 0 Å². The number of benzene rings is 9. The third-order valence-electron chi connectivity index (χ3n) is 12.3. The Kier molecular flexibility index (Phi) is 7.25. The largest absolute Gasteiger partial charge is 0.456 e. The molecule has 0 radical (unpaired) electrons. The molecule has 0 atom stereocenters. The zero-order valence-electron chi connectivity index (χ0n) is 31.6. The normalized spacial score (nSPS) is 12.1. The molecule has 12 aromatic rings. The van der Waals surface area contributed by atoms with E-state index in [1.54, 1.807) is 0 Å². The van der Waals surface area contributed by atoms with Crippen molar-refractivity contribution in [3.8, 4) is 11.4 Å². The van der Waals surface area contributed by atoms with Crippen molar-refractivity contribution in [3.05, 3.63) is 218 Å². The van der Waals surface area contributed by atoms with Gasteiger partial charge in [-0.1, -0.05) is 164 Å². The van der Waals surface area contributed by atoms with Gasteiger partial charge in [0.15, 0.2) is 8.07 Å². The van der Waals surface area contributed by atoms with Gasteiger partial charge in [-0.05, 0) is 75.3 Å². The Morgan fingerprint density at radius 1 is 0.276 bits per heavy atom. The highest BCUT2D eigenvalue weighted by atomic mass is 28.3. The molecule has 0 aliphatic rings. The Morgan fingerprint density at radius 2 is 0.707 bits per heavy atom. The molecule has 3 aromatic heterocycles. The van der Waals surface area contributed by atoms with Crippen molar-refractivity contribution in [2.45, 2.75) is 0 Å². The summed E-state index contributed by atoms with van der Waals surface area (Å²) in [6.07, 6.45) is 0. The van der Waals surface area contributed by atoms with Crippen molar-refractivity contribution in [2.75, 3.05) is 0 Å². The summed E-state index contributed by atoms with van der Waals surface area (Å²) in [4.78, 5) is 0. The number of rotatable bonds is 6. The van der Waals surface area contributed by atoms with Crippen LogP contribution in [-0.4, -0.2) is 17.2 Å². The Bertz CT molecular complexity index is 3410. The summed E-state index contributed by atoms with van der Waals surface area (Å²) in [6.45, 7) is 0. The minimum absolute atomic E-state index is 0.897. The average molecular weight is 757 g/mol. The van der Waals surface area contributed by atoms with Gasteiger partial charge in [-0.2, -0.15) is 0 Å². The van der Waals surface area contributed by atoms with Gasteiger partial charge in [-0.3, -0.25) is 0 Å². The second kappa shape index (κ2) is 12.8. The second-order valence-electron chi connectivity index (χ2n) is 15.3. The molecule has 0 aliphatic heterocycles. The van der Waals surface area contributed by atoms with E-state index in [4.69, 9.17) is 4.42 Å². The van der Waals surface area contributed by atoms with Crippen LogP contribution in [0.3, 0.4) is 0 Å². The monoisotopic (exact) mass is 756 g/mol. The molecule has 58 heavy (non-hydrogen) atoms. The summed E-state index contributed by atoms with van der Waals surface area (Å²) >= 11 is 0. The third-order valence-corrected chi connectivity index (χ3v) is 17.0. The Hall–Kier alpha value is -7.40. The molecule has 272 valence electrons. The van der Waals surface area contributed by atoms with E-state index in [0.29, 0.717) is 0 Å². The number of hydrogen-bond acceptors (Lipinski definition) is 1. The Balaban J connectivity index is 1.15. The molecule has 0 bridgehead atoms. The summed E-state index contributed by atoms with van der Waals surface area (Å²) in [6, 6.07) is 80.4. The predicted octanol–water partition coefficient (Wildman–Crippen LogP) is 11.2. The molecule has 3 heterocycles. The van der Waals surface area contributed by atoms with Gasteiger partial charge in [0.1, 0.15) is 11.2 Å². The molecular weight excluding hydrogens is 721 g/mol. The lowest BCUT2D eigenvalue weighted by atomic mass is 10.1. The molecule has 0 N–H and O–H groups in total. The van der Waals surface area contributed by atoms with Crippen molar-refractivity contribution in [2.24, 2.45) is 0 Å². The zero-order chi connectivity index (χ0) is 38.2. The molecule has 0 spiro atoms. The maximum Gasteiger partial charge on any atom is 0.179 e. The quantitative estimate of drug-likeness (QED) is 0.122. The van der Waals surface area contributed by atoms with Gasteiger partial charge in [0.2, 0.25) is 0 Å². The first-order valence-electron chi connectivity index (χ1n) is 19.9. The van der Waals surface area contributed by atoms with Gasteiger partial charge in [-0.25, -0.2) is 0 Å². The highest BCUT2D eigenvalue weighted by Gasteiger charge is 2.41. The standard InChI is InChI=1S/C54H36N2OSi/c1-4-16-39(17-5-1)58(40-18-6-2-7-19-40,41-20-8-3-9-21-41)42-30-32-46-44-23-11-14-26-50(44)56(52(46)36-42)38-28-31-45-43-22-10-13-25-49(43)55(51(45)35-38)37-29-33-54-48(34-37)47-24-12-15-27-53(47)57-54/h1-36H. The van der Waals surface area contributed by atoms with E-state index in [1.807, 2.05) is 12.1 Å². The molecule has 0 unspecified atom stereocenters. The zero-order valence-corrected chi connectivity index (χ0v) is 32.6. The van der Waals surface area contributed by atoms with Crippen molar-refractivity contribution < 1.29 is 4.42 Å². The molecule has 12 rings (SSSR count). The topological polar surface area (TPSA) is 23.0 Å². The van der Waals surface area contributed by atoms with Gasteiger partial charge in [0.25, 0.3) is 0 Å². The molecule has 9 aromatic carbocycles. The van der Waals surface area contributed by atoms with Crippen LogP contribution in [0.4, 0.5) is 0 Å². The lowest BCUT2D eigenvalue weighted by Crippen LogP contribution is -2.74. The summed E-state index contributed by atoms with van der Waals surface area (Å²) in [5.74, 6) is 0. The van der Waals surface area contributed by atoms with Crippen molar-refractivity contribution in [1.82, 2.24) is 9.13 Å². The summed E-state index contributed by atoms with van der Waals surface area (Å²) in [7, 11) is -2.77. The molecule has 0 fully saturated rings. The summed E-state index contributed by atoms with van der Waals surface area (Å²) in [5.41, 5.74) is 8.76. The molecule has 0 saturated carbocycles. The summed E-state index contributed by atoms with van der Waals surface area (Å²) < 4.78 is 11.2. The third kappa shape index (κ3) is 4.73. The van der Waals surface area contributed by atoms with E-state index in [0.717, 1.165) is 38.8 Å². The van der Waals surface area contributed by atoms with Crippen LogP contribution in [-0.2, 0) is 0 Å². The van der Waals surface area contributed by atoms with Crippen LogP contribution in [0.25, 0.3) is 76.9 Å². The predicted molar refractivity (Wildman–Crippen MR) is 246 cm³/mol. The first-order valence-corrected chi connectivity index (χ1v) is 21.9. The second-order valence-corrected chi connectivity index (χ2v) is 19.1. The molecule has 0 amide bonds. The van der Waals surface area contributed by atoms with E-state index < -0.39 is 8.07 Å². The minimum Gasteiger partial charge on any atom is -0.456 e. The fourth-order valence-corrected chi connectivity index (χ4v) is 14.5. The Labute approximate surface area is 336 Å². The van der Waals surface area contributed by atoms with Crippen LogP contribution in [0.15, 0.2) is 223 Å².